The fraction of sp³-hybridized carbons (Fsp3) is 0.214. The van der Waals surface area contributed by atoms with Crippen molar-refractivity contribution in [2.75, 3.05) is 20.2 Å². The summed E-state index contributed by atoms with van der Waals surface area (Å²) >= 11 is 0. The summed E-state index contributed by atoms with van der Waals surface area (Å²) in [6.07, 6.45) is 3.67. The highest BCUT2D eigenvalue weighted by molar-refractivity contribution is 5.92. The molecule has 0 N–H and O–H groups in total. The van der Waals surface area contributed by atoms with Crippen LogP contribution in [0.2, 0.25) is 0 Å². The summed E-state index contributed by atoms with van der Waals surface area (Å²) in [7, 11) is 1.68. The lowest BCUT2D eigenvalue weighted by Gasteiger charge is -2.37. The van der Waals surface area contributed by atoms with Crippen LogP contribution in [-0.2, 0) is 17.8 Å². The van der Waals surface area contributed by atoms with Crippen molar-refractivity contribution in [2.24, 2.45) is 0 Å². The Bertz CT molecular complexity index is 1330. The van der Waals surface area contributed by atoms with Gasteiger partial charge >= 0.3 is 0 Å². The lowest BCUT2D eigenvalue weighted by molar-refractivity contribution is -0.132. The first-order valence-corrected chi connectivity index (χ1v) is 11.6. The van der Waals surface area contributed by atoms with Crippen molar-refractivity contribution in [3.63, 3.8) is 0 Å². The molecular weight excluding hydrogens is 463 g/mol. The van der Waals surface area contributed by atoms with E-state index in [0.29, 0.717) is 31.0 Å². The molecule has 0 aliphatic carbocycles. The Morgan fingerprint density at radius 1 is 1.06 bits per heavy atom. The van der Waals surface area contributed by atoms with Gasteiger partial charge in [-0.15, -0.1) is 0 Å². The summed E-state index contributed by atoms with van der Waals surface area (Å²) in [5, 5.41) is 0. The number of fused-ring (bicyclic) bond motifs is 1. The van der Waals surface area contributed by atoms with Gasteiger partial charge in [0, 0.05) is 13.6 Å². The Kier molecular flexibility index (Phi) is 6.58. The molecular formula is C28H25FN2O5. The van der Waals surface area contributed by atoms with E-state index in [1.807, 2.05) is 18.2 Å². The Balaban J connectivity index is 1.39. The summed E-state index contributed by atoms with van der Waals surface area (Å²) in [6.45, 7) is 0.674. The van der Waals surface area contributed by atoms with Gasteiger partial charge in [-0.05, 0) is 71.6 Å². The summed E-state index contributed by atoms with van der Waals surface area (Å²) < 4.78 is 30.2. The number of hydrogen-bond acceptors (Lipinski definition) is 5. The SMILES string of the molecule is CN(Cc1ccco1)C(=O)COc1ccc2c(c1)C(c1ccc(F)cc1)N(C(=O)c1ccco1)CC2. The van der Waals surface area contributed by atoms with Gasteiger partial charge in [0.15, 0.2) is 12.4 Å². The molecule has 0 saturated carbocycles. The third-order valence-corrected chi connectivity index (χ3v) is 6.29. The number of rotatable bonds is 7. The highest BCUT2D eigenvalue weighted by Crippen LogP contribution is 2.38. The molecule has 1 aliphatic heterocycles. The molecule has 1 aliphatic rings. The molecule has 0 radical (unpaired) electrons. The average molecular weight is 489 g/mol. The Morgan fingerprint density at radius 3 is 2.56 bits per heavy atom. The standard InChI is InChI=1S/C28H25FN2O5/c1-30(17-23-4-2-14-34-23)26(32)18-36-22-11-8-19-12-13-31(28(33)25-5-3-15-35-25)27(24(19)16-22)20-6-9-21(29)10-7-20/h2-11,14-16,27H,12-13,17-18H2,1H3. The van der Waals surface area contributed by atoms with Crippen LogP contribution in [0.1, 0.15) is 39.0 Å². The van der Waals surface area contributed by atoms with Gasteiger partial charge in [0.1, 0.15) is 17.3 Å². The lowest BCUT2D eigenvalue weighted by Crippen LogP contribution is -2.40. The summed E-state index contributed by atoms with van der Waals surface area (Å²) in [4.78, 5) is 29.1. The third kappa shape index (κ3) is 4.88. The first-order valence-electron chi connectivity index (χ1n) is 11.6. The Hall–Kier alpha value is -4.33. The van der Waals surface area contributed by atoms with Crippen LogP contribution in [-0.4, -0.2) is 41.8 Å². The van der Waals surface area contributed by atoms with Gasteiger partial charge < -0.3 is 23.4 Å². The van der Waals surface area contributed by atoms with Gasteiger partial charge in [-0.1, -0.05) is 18.2 Å². The maximum Gasteiger partial charge on any atom is 0.290 e. The second-order valence-electron chi connectivity index (χ2n) is 8.66. The molecule has 8 heteroatoms. The third-order valence-electron chi connectivity index (χ3n) is 6.29. The summed E-state index contributed by atoms with van der Waals surface area (Å²) in [6, 6.07) is 18.2. The number of hydrogen-bond donors (Lipinski definition) is 0. The minimum absolute atomic E-state index is 0.147. The van der Waals surface area contributed by atoms with Crippen molar-refractivity contribution in [1.82, 2.24) is 9.80 Å². The normalized spacial score (nSPS) is 14.8. The zero-order valence-electron chi connectivity index (χ0n) is 19.7. The first kappa shape index (κ1) is 23.4. The number of furan rings is 2. The van der Waals surface area contributed by atoms with Crippen molar-refractivity contribution in [3.05, 3.63) is 113 Å². The molecule has 1 unspecified atom stereocenters. The van der Waals surface area contributed by atoms with E-state index in [2.05, 4.69) is 0 Å². The van der Waals surface area contributed by atoms with Crippen molar-refractivity contribution in [3.8, 4) is 5.75 Å². The van der Waals surface area contributed by atoms with Crippen LogP contribution in [0.4, 0.5) is 4.39 Å². The van der Waals surface area contributed by atoms with E-state index in [4.69, 9.17) is 13.6 Å². The van der Waals surface area contributed by atoms with Crippen molar-refractivity contribution in [1.29, 1.82) is 0 Å². The van der Waals surface area contributed by atoms with E-state index in [1.165, 1.54) is 23.3 Å². The van der Waals surface area contributed by atoms with E-state index in [-0.39, 0.29) is 30.0 Å². The molecule has 0 spiro atoms. The van der Waals surface area contributed by atoms with Gasteiger partial charge in [0.05, 0.1) is 25.1 Å². The predicted octanol–water partition coefficient (Wildman–Crippen LogP) is 4.84. The number of ether oxygens (including phenoxy) is 1. The topological polar surface area (TPSA) is 76.1 Å². The van der Waals surface area contributed by atoms with Crippen molar-refractivity contribution >= 4 is 11.8 Å². The Morgan fingerprint density at radius 2 is 1.83 bits per heavy atom. The number of amides is 2. The number of carbonyl (C=O) groups excluding carboxylic acids is 2. The highest BCUT2D eigenvalue weighted by atomic mass is 19.1. The van der Waals surface area contributed by atoms with Gasteiger partial charge in [-0.25, -0.2) is 4.39 Å². The summed E-state index contributed by atoms with van der Waals surface area (Å²) in [5.41, 5.74) is 2.69. The second-order valence-corrected chi connectivity index (χ2v) is 8.66. The molecule has 0 fully saturated rings. The number of halogens is 1. The predicted molar refractivity (Wildman–Crippen MR) is 129 cm³/mol. The molecule has 0 saturated heterocycles. The van der Waals surface area contributed by atoms with Gasteiger partial charge in [0.2, 0.25) is 0 Å². The zero-order chi connectivity index (χ0) is 25.1. The monoisotopic (exact) mass is 488 g/mol. The molecule has 2 aromatic heterocycles. The molecule has 0 bridgehead atoms. The van der Waals surface area contributed by atoms with Gasteiger partial charge in [-0.3, -0.25) is 9.59 Å². The van der Waals surface area contributed by atoms with E-state index in [1.54, 1.807) is 54.6 Å². The van der Waals surface area contributed by atoms with E-state index >= 15 is 0 Å². The second kappa shape index (κ2) is 10.1. The van der Waals surface area contributed by atoms with Crippen LogP contribution < -0.4 is 4.74 Å². The van der Waals surface area contributed by atoms with Crippen LogP contribution in [0.3, 0.4) is 0 Å². The van der Waals surface area contributed by atoms with Gasteiger partial charge in [0.25, 0.3) is 11.8 Å². The lowest BCUT2D eigenvalue weighted by atomic mass is 9.87. The smallest absolute Gasteiger partial charge is 0.290 e. The Labute approximate surface area is 207 Å². The fourth-order valence-corrected chi connectivity index (χ4v) is 4.43. The maximum absolute atomic E-state index is 13.7. The van der Waals surface area contributed by atoms with Crippen LogP contribution in [0.15, 0.2) is 88.1 Å². The average Bonchev–Trinajstić information content (AvgIpc) is 3.61. The van der Waals surface area contributed by atoms with Crippen LogP contribution in [0.25, 0.3) is 0 Å². The number of carbonyl (C=O) groups is 2. The summed E-state index contributed by atoms with van der Waals surface area (Å²) in [5.74, 6) is 0.627. The first-order chi connectivity index (χ1) is 17.5. The molecule has 3 heterocycles. The quantitative estimate of drug-likeness (QED) is 0.372. The molecule has 7 nitrogen and oxygen atoms in total. The van der Waals surface area contributed by atoms with Crippen LogP contribution in [0, 0.1) is 5.82 Å². The number of likely N-dealkylation sites (N-methyl/N-ethyl adjacent to an activating group) is 1. The molecule has 184 valence electrons. The van der Waals surface area contributed by atoms with E-state index in [9.17, 15) is 14.0 Å². The largest absolute Gasteiger partial charge is 0.484 e. The number of nitrogens with zero attached hydrogens (tertiary/aromatic N) is 2. The minimum Gasteiger partial charge on any atom is -0.484 e. The molecule has 36 heavy (non-hydrogen) atoms. The molecule has 1 atom stereocenters. The zero-order valence-corrected chi connectivity index (χ0v) is 19.7. The van der Waals surface area contributed by atoms with Crippen LogP contribution >= 0.6 is 0 Å². The molecule has 2 aromatic carbocycles. The fourth-order valence-electron chi connectivity index (χ4n) is 4.43. The van der Waals surface area contributed by atoms with Crippen molar-refractivity contribution in [2.45, 2.75) is 19.0 Å². The minimum atomic E-state index is -0.465. The maximum atomic E-state index is 13.7. The van der Waals surface area contributed by atoms with Crippen LogP contribution in [0.5, 0.6) is 5.75 Å². The molecule has 4 aromatic rings. The molecule has 2 amide bonds. The van der Waals surface area contributed by atoms with E-state index in [0.717, 1.165) is 16.7 Å². The van der Waals surface area contributed by atoms with E-state index < -0.39 is 6.04 Å². The molecule has 5 rings (SSSR count). The highest BCUT2D eigenvalue weighted by Gasteiger charge is 2.34. The number of benzene rings is 2. The van der Waals surface area contributed by atoms with Gasteiger partial charge in [-0.2, -0.15) is 0 Å². The van der Waals surface area contributed by atoms with Crippen molar-refractivity contribution < 1.29 is 27.6 Å².